The van der Waals surface area contributed by atoms with Crippen molar-refractivity contribution in [2.45, 2.75) is 25.8 Å². The third-order valence-corrected chi connectivity index (χ3v) is 4.56. The Morgan fingerprint density at radius 2 is 2.29 bits per heavy atom. The predicted molar refractivity (Wildman–Crippen MR) is 94.0 cm³/mol. The van der Waals surface area contributed by atoms with E-state index < -0.39 is 0 Å². The first-order valence-electron chi connectivity index (χ1n) is 8.33. The van der Waals surface area contributed by atoms with Crippen LogP contribution in [0.4, 0.5) is 11.5 Å². The summed E-state index contributed by atoms with van der Waals surface area (Å²) in [6, 6.07) is 7.59. The molecule has 0 radical (unpaired) electrons. The molecule has 6 nitrogen and oxygen atoms in total. The van der Waals surface area contributed by atoms with E-state index in [0.717, 1.165) is 25.1 Å². The number of benzene rings is 1. The van der Waals surface area contributed by atoms with E-state index in [9.17, 15) is 4.79 Å². The molecule has 1 aliphatic rings. The predicted octanol–water partition coefficient (Wildman–Crippen LogP) is 2.42. The van der Waals surface area contributed by atoms with Crippen LogP contribution in [0.1, 0.15) is 30.1 Å². The van der Waals surface area contributed by atoms with Crippen molar-refractivity contribution in [3.63, 3.8) is 0 Å². The van der Waals surface area contributed by atoms with Crippen molar-refractivity contribution in [3.8, 4) is 0 Å². The third kappa shape index (κ3) is 3.54. The number of amides is 1. The SMILES string of the molecule is C[C@@H]1CCCN(C(=O)c2cccc(Nc3cnccn3)c2)[C@@H]1CN. The van der Waals surface area contributed by atoms with Gasteiger partial charge in [-0.25, -0.2) is 4.98 Å². The first-order chi connectivity index (χ1) is 11.7. The normalized spacial score (nSPS) is 20.7. The molecule has 1 fully saturated rings. The molecule has 0 bridgehead atoms. The molecule has 2 atom stereocenters. The molecule has 0 saturated carbocycles. The lowest BCUT2D eigenvalue weighted by Crippen LogP contribution is -2.51. The summed E-state index contributed by atoms with van der Waals surface area (Å²) in [7, 11) is 0. The highest BCUT2D eigenvalue weighted by molar-refractivity contribution is 5.95. The summed E-state index contributed by atoms with van der Waals surface area (Å²) in [5.74, 6) is 1.13. The molecular formula is C18H23N5O. The van der Waals surface area contributed by atoms with Gasteiger partial charge in [0, 0.05) is 42.8 Å². The second kappa shape index (κ2) is 7.40. The van der Waals surface area contributed by atoms with Gasteiger partial charge in [-0.3, -0.25) is 9.78 Å². The topological polar surface area (TPSA) is 84.1 Å². The Morgan fingerprint density at radius 1 is 1.42 bits per heavy atom. The number of nitrogens with zero attached hydrogens (tertiary/aromatic N) is 3. The molecule has 3 N–H and O–H groups in total. The van der Waals surface area contributed by atoms with Crippen molar-refractivity contribution in [2.24, 2.45) is 11.7 Å². The number of hydrogen-bond donors (Lipinski definition) is 2. The Balaban J connectivity index is 1.79. The molecule has 0 spiro atoms. The van der Waals surface area contributed by atoms with Crippen LogP contribution in [0.5, 0.6) is 0 Å². The average molecular weight is 325 g/mol. The number of carbonyl (C=O) groups excluding carboxylic acids is 1. The van der Waals surface area contributed by atoms with Crippen LogP contribution in [0.25, 0.3) is 0 Å². The molecule has 3 rings (SSSR count). The molecule has 1 aliphatic heterocycles. The Kier molecular flexibility index (Phi) is 5.05. The summed E-state index contributed by atoms with van der Waals surface area (Å²) in [5.41, 5.74) is 7.39. The van der Waals surface area contributed by atoms with Crippen molar-refractivity contribution < 1.29 is 4.79 Å². The minimum Gasteiger partial charge on any atom is -0.339 e. The Bertz CT molecular complexity index is 691. The highest BCUT2D eigenvalue weighted by Gasteiger charge is 2.31. The van der Waals surface area contributed by atoms with Crippen LogP contribution in [0.3, 0.4) is 0 Å². The second-order valence-corrected chi connectivity index (χ2v) is 6.22. The monoisotopic (exact) mass is 325 g/mol. The molecule has 1 aromatic heterocycles. The lowest BCUT2D eigenvalue weighted by molar-refractivity contribution is 0.0532. The van der Waals surface area contributed by atoms with Crippen LogP contribution in [0.2, 0.25) is 0 Å². The first-order valence-corrected chi connectivity index (χ1v) is 8.33. The summed E-state index contributed by atoms with van der Waals surface area (Å²) in [6.45, 7) is 3.44. The van der Waals surface area contributed by atoms with E-state index in [-0.39, 0.29) is 11.9 Å². The van der Waals surface area contributed by atoms with Crippen LogP contribution in [-0.2, 0) is 0 Å². The summed E-state index contributed by atoms with van der Waals surface area (Å²) < 4.78 is 0. The maximum absolute atomic E-state index is 12.9. The van der Waals surface area contributed by atoms with Crippen LogP contribution < -0.4 is 11.1 Å². The van der Waals surface area contributed by atoms with Crippen molar-refractivity contribution in [1.29, 1.82) is 0 Å². The molecular weight excluding hydrogens is 302 g/mol. The molecule has 1 aromatic carbocycles. The average Bonchev–Trinajstić information content (AvgIpc) is 2.62. The minimum absolute atomic E-state index is 0.0415. The Morgan fingerprint density at radius 3 is 3.04 bits per heavy atom. The fourth-order valence-electron chi connectivity index (χ4n) is 3.27. The van der Waals surface area contributed by atoms with Crippen LogP contribution >= 0.6 is 0 Å². The third-order valence-electron chi connectivity index (χ3n) is 4.56. The van der Waals surface area contributed by atoms with E-state index in [2.05, 4.69) is 22.2 Å². The van der Waals surface area contributed by atoms with E-state index >= 15 is 0 Å². The fraction of sp³-hybridized carbons (Fsp3) is 0.389. The fourth-order valence-corrected chi connectivity index (χ4v) is 3.27. The summed E-state index contributed by atoms with van der Waals surface area (Å²) >= 11 is 0. The first kappa shape index (κ1) is 16.4. The van der Waals surface area contributed by atoms with Gasteiger partial charge in [-0.05, 0) is 37.0 Å². The lowest BCUT2D eigenvalue weighted by Gasteiger charge is -2.39. The van der Waals surface area contributed by atoms with Gasteiger partial charge >= 0.3 is 0 Å². The maximum Gasteiger partial charge on any atom is 0.254 e. The zero-order valence-corrected chi connectivity index (χ0v) is 13.9. The molecule has 2 heterocycles. The number of carbonyl (C=O) groups is 1. The number of anilines is 2. The van der Waals surface area contributed by atoms with E-state index in [4.69, 9.17) is 5.73 Å². The Labute approximate surface area is 142 Å². The van der Waals surface area contributed by atoms with Crippen molar-refractivity contribution in [2.75, 3.05) is 18.4 Å². The van der Waals surface area contributed by atoms with Crippen LogP contribution in [0, 0.1) is 5.92 Å². The number of nitrogens with two attached hydrogens (primary N) is 1. The summed E-state index contributed by atoms with van der Waals surface area (Å²) in [6.07, 6.45) is 7.04. The van der Waals surface area contributed by atoms with Crippen molar-refractivity contribution >= 4 is 17.4 Å². The van der Waals surface area contributed by atoms with E-state index in [0.29, 0.717) is 23.8 Å². The molecule has 1 saturated heterocycles. The van der Waals surface area contributed by atoms with Gasteiger partial charge in [-0.1, -0.05) is 13.0 Å². The number of aromatic nitrogens is 2. The molecule has 0 aliphatic carbocycles. The standard InChI is InChI=1S/C18H23N5O/c1-13-4-3-9-23(16(13)11-19)18(24)14-5-2-6-15(10-14)22-17-12-20-7-8-21-17/h2,5-8,10,12-13,16H,3-4,9,11,19H2,1H3,(H,21,22)/t13-,16-/m1/s1. The number of piperidine rings is 1. The molecule has 6 heteroatoms. The molecule has 24 heavy (non-hydrogen) atoms. The van der Waals surface area contributed by atoms with Crippen LogP contribution in [-0.4, -0.2) is 39.9 Å². The smallest absolute Gasteiger partial charge is 0.254 e. The van der Waals surface area contributed by atoms with E-state index in [1.165, 1.54) is 0 Å². The van der Waals surface area contributed by atoms with Crippen molar-refractivity contribution in [1.82, 2.24) is 14.9 Å². The van der Waals surface area contributed by atoms with Gasteiger partial charge in [0.25, 0.3) is 5.91 Å². The molecule has 1 amide bonds. The largest absolute Gasteiger partial charge is 0.339 e. The minimum atomic E-state index is 0.0415. The summed E-state index contributed by atoms with van der Waals surface area (Å²) in [4.78, 5) is 23.1. The molecule has 2 aromatic rings. The summed E-state index contributed by atoms with van der Waals surface area (Å²) in [5, 5.41) is 3.17. The van der Waals surface area contributed by atoms with E-state index in [1.54, 1.807) is 18.6 Å². The van der Waals surface area contributed by atoms with Gasteiger partial charge in [0.1, 0.15) is 5.82 Å². The quantitative estimate of drug-likeness (QED) is 0.902. The Hall–Kier alpha value is -2.47. The van der Waals surface area contributed by atoms with Gasteiger partial charge < -0.3 is 16.0 Å². The maximum atomic E-state index is 12.9. The second-order valence-electron chi connectivity index (χ2n) is 6.22. The van der Waals surface area contributed by atoms with Gasteiger partial charge in [-0.15, -0.1) is 0 Å². The number of likely N-dealkylation sites (tertiary alicyclic amines) is 1. The highest BCUT2D eigenvalue weighted by Crippen LogP contribution is 2.25. The number of rotatable bonds is 4. The van der Waals surface area contributed by atoms with Gasteiger partial charge in [0.15, 0.2) is 0 Å². The van der Waals surface area contributed by atoms with Gasteiger partial charge in [0.05, 0.1) is 6.20 Å². The highest BCUT2D eigenvalue weighted by atomic mass is 16.2. The van der Waals surface area contributed by atoms with Crippen molar-refractivity contribution in [3.05, 3.63) is 48.4 Å². The number of nitrogens with one attached hydrogen (secondary N) is 1. The number of hydrogen-bond acceptors (Lipinski definition) is 5. The van der Waals surface area contributed by atoms with Gasteiger partial charge in [0.2, 0.25) is 0 Å². The molecule has 126 valence electrons. The molecule has 0 unspecified atom stereocenters. The van der Waals surface area contributed by atoms with E-state index in [1.807, 2.05) is 29.2 Å². The van der Waals surface area contributed by atoms with Gasteiger partial charge in [-0.2, -0.15) is 0 Å². The van der Waals surface area contributed by atoms with Crippen LogP contribution in [0.15, 0.2) is 42.9 Å². The zero-order chi connectivity index (χ0) is 16.9. The zero-order valence-electron chi connectivity index (χ0n) is 13.9. The lowest BCUT2D eigenvalue weighted by atomic mass is 9.90.